The number of rotatable bonds is 7. The summed E-state index contributed by atoms with van der Waals surface area (Å²) in [5.41, 5.74) is 2.68. The van der Waals surface area contributed by atoms with Gasteiger partial charge in [0.15, 0.2) is 0 Å². The first-order chi connectivity index (χ1) is 18.7. The topological polar surface area (TPSA) is 139 Å². The van der Waals surface area contributed by atoms with Gasteiger partial charge in [0.05, 0.1) is 23.1 Å². The normalized spacial score (nSPS) is 11.0. The second kappa shape index (κ2) is 10.6. The Kier molecular flexibility index (Phi) is 6.91. The number of aromatic nitrogens is 5. The number of halogens is 1. The molecule has 0 radical (unpaired) electrons. The number of aromatic amines is 1. The lowest BCUT2D eigenvalue weighted by Crippen LogP contribution is -2.20. The Hall–Kier alpha value is -5.26. The number of nitrogens with zero attached hydrogens (tertiary/aromatic N) is 4. The van der Waals surface area contributed by atoms with Gasteiger partial charge in [-0.1, -0.05) is 6.07 Å². The van der Waals surface area contributed by atoms with Crippen LogP contribution in [-0.2, 0) is 4.79 Å². The monoisotopic (exact) mass is 528 g/mol. The molecule has 12 heteroatoms. The molecule has 0 aliphatic rings. The average Bonchev–Trinajstić information content (AvgIpc) is 3.52. The van der Waals surface area contributed by atoms with Crippen LogP contribution in [0.25, 0.3) is 22.2 Å². The van der Waals surface area contributed by atoms with Crippen molar-refractivity contribution in [3.63, 3.8) is 0 Å². The molecule has 5 aromatic rings. The number of nitrogens with one attached hydrogen (secondary N) is 4. The summed E-state index contributed by atoms with van der Waals surface area (Å²) in [6, 6.07) is 12.3. The molecule has 0 fully saturated rings. The Morgan fingerprint density at radius 1 is 1.00 bits per heavy atom. The lowest BCUT2D eigenvalue weighted by molar-refractivity contribution is -0.114. The number of fused-ring (bicyclic) bond motifs is 1. The molecule has 0 unspecified atom stereocenters. The van der Waals surface area contributed by atoms with Gasteiger partial charge in [0.1, 0.15) is 28.8 Å². The predicted octanol–water partition coefficient (Wildman–Crippen LogP) is 5.94. The molecule has 4 N–H and O–H groups in total. The van der Waals surface area contributed by atoms with Crippen LogP contribution in [0.3, 0.4) is 0 Å². The number of anilines is 3. The maximum atomic E-state index is 14.9. The largest absolute Gasteiger partial charge is 0.457 e. The smallest absolute Gasteiger partial charge is 0.323 e. The van der Waals surface area contributed by atoms with Crippen LogP contribution in [0.15, 0.2) is 67.1 Å². The number of H-pyrrole nitrogens is 1. The van der Waals surface area contributed by atoms with E-state index >= 15 is 0 Å². The number of benzene rings is 2. The van der Waals surface area contributed by atoms with Gasteiger partial charge < -0.3 is 20.7 Å². The second-order valence-corrected chi connectivity index (χ2v) is 9.02. The van der Waals surface area contributed by atoms with Crippen molar-refractivity contribution in [3.05, 3.63) is 72.9 Å². The molecule has 5 rings (SSSR count). The van der Waals surface area contributed by atoms with E-state index < -0.39 is 11.8 Å². The molecular weight excluding hydrogens is 503 g/mol. The van der Waals surface area contributed by atoms with Crippen LogP contribution in [0.5, 0.6) is 11.5 Å². The summed E-state index contributed by atoms with van der Waals surface area (Å²) in [5, 5.41) is 20.4. The molecule has 0 saturated heterocycles. The second-order valence-electron chi connectivity index (χ2n) is 9.02. The molecular formula is C27H25FN8O3. The van der Waals surface area contributed by atoms with Crippen molar-refractivity contribution < 1.29 is 18.7 Å². The van der Waals surface area contributed by atoms with E-state index in [9.17, 15) is 14.0 Å². The number of carbonyl (C=O) groups is 2. The summed E-state index contributed by atoms with van der Waals surface area (Å²) in [4.78, 5) is 28.1. The molecule has 0 bridgehead atoms. The minimum Gasteiger partial charge on any atom is -0.457 e. The van der Waals surface area contributed by atoms with Gasteiger partial charge in [-0.05, 0) is 44.2 Å². The highest BCUT2D eigenvalue weighted by molar-refractivity contribution is 6.02. The molecule has 0 spiro atoms. The Balaban J connectivity index is 1.31. The molecule has 11 nitrogen and oxygen atoms in total. The van der Waals surface area contributed by atoms with E-state index in [0.717, 1.165) is 22.5 Å². The third-order valence-electron chi connectivity index (χ3n) is 5.68. The summed E-state index contributed by atoms with van der Waals surface area (Å²) in [5.74, 6) is -0.104. The predicted molar refractivity (Wildman–Crippen MR) is 145 cm³/mol. The molecule has 3 amide bonds. The number of urea groups is 1. The van der Waals surface area contributed by atoms with Crippen LogP contribution < -0.4 is 20.7 Å². The van der Waals surface area contributed by atoms with E-state index in [0.29, 0.717) is 22.9 Å². The van der Waals surface area contributed by atoms with Crippen LogP contribution in [0.4, 0.5) is 26.4 Å². The molecule has 198 valence electrons. The minimum absolute atomic E-state index is 0.0360. The highest BCUT2D eigenvalue weighted by atomic mass is 19.1. The fraction of sp³-hybridized carbons (Fsp3) is 0.148. The lowest BCUT2D eigenvalue weighted by Gasteiger charge is -2.11. The highest BCUT2D eigenvalue weighted by Crippen LogP contribution is 2.31. The van der Waals surface area contributed by atoms with Crippen LogP contribution in [0.2, 0.25) is 0 Å². The van der Waals surface area contributed by atoms with Crippen molar-refractivity contribution in [1.82, 2.24) is 25.0 Å². The fourth-order valence-electron chi connectivity index (χ4n) is 3.85. The quantitative estimate of drug-likeness (QED) is 0.206. The molecule has 39 heavy (non-hydrogen) atoms. The first-order valence-electron chi connectivity index (χ1n) is 12.1. The SMILES string of the molecule is CC(=O)Nc1cc(Oc2ccc(NC(=O)Nc3cn(C(C)C)nc3-c3ccc4[nH]ncc4c3)c(F)c2)ccn1. The summed E-state index contributed by atoms with van der Waals surface area (Å²) in [6.07, 6.45) is 4.90. The van der Waals surface area contributed by atoms with E-state index in [1.165, 1.54) is 31.3 Å². The fourth-order valence-corrected chi connectivity index (χ4v) is 3.85. The molecule has 0 aliphatic heterocycles. The van der Waals surface area contributed by atoms with Crippen molar-refractivity contribution in [1.29, 1.82) is 0 Å². The lowest BCUT2D eigenvalue weighted by atomic mass is 10.1. The third kappa shape index (κ3) is 5.85. The molecule has 3 heterocycles. The van der Waals surface area contributed by atoms with Crippen molar-refractivity contribution in [2.24, 2.45) is 0 Å². The van der Waals surface area contributed by atoms with Gasteiger partial charge in [-0.15, -0.1) is 0 Å². The minimum atomic E-state index is -0.692. The maximum absolute atomic E-state index is 14.9. The Morgan fingerprint density at radius 3 is 2.56 bits per heavy atom. The Bertz CT molecular complexity index is 1680. The Morgan fingerprint density at radius 2 is 1.79 bits per heavy atom. The summed E-state index contributed by atoms with van der Waals surface area (Å²) in [7, 11) is 0. The molecule has 0 atom stereocenters. The molecule has 2 aromatic carbocycles. The zero-order valence-electron chi connectivity index (χ0n) is 21.3. The molecule has 0 aliphatic carbocycles. The standard InChI is InChI=1S/C27H25FN8O3/c1-15(2)36-14-24(26(35-36)17-4-6-22-18(10-17)13-30-34-22)33-27(38)32-23-7-5-19(11-21(23)28)39-20-8-9-29-25(12-20)31-16(3)37/h4-15H,1-3H3,(H,30,34)(H,29,31,37)(H2,32,33,38). The molecule has 3 aromatic heterocycles. The summed E-state index contributed by atoms with van der Waals surface area (Å²) in [6.45, 7) is 5.32. The number of hydrogen-bond acceptors (Lipinski definition) is 6. The van der Waals surface area contributed by atoms with Gasteiger partial charge in [0, 0.05) is 48.4 Å². The van der Waals surface area contributed by atoms with Gasteiger partial charge in [0.2, 0.25) is 5.91 Å². The van der Waals surface area contributed by atoms with Crippen molar-refractivity contribution in [2.45, 2.75) is 26.8 Å². The van der Waals surface area contributed by atoms with Crippen LogP contribution >= 0.6 is 0 Å². The van der Waals surface area contributed by atoms with Crippen molar-refractivity contribution in [2.75, 3.05) is 16.0 Å². The van der Waals surface area contributed by atoms with Gasteiger partial charge in [0.25, 0.3) is 0 Å². The Labute approximate surface area is 222 Å². The van der Waals surface area contributed by atoms with Gasteiger partial charge in [-0.25, -0.2) is 14.2 Å². The summed E-state index contributed by atoms with van der Waals surface area (Å²) >= 11 is 0. The van der Waals surface area contributed by atoms with Crippen molar-refractivity contribution in [3.8, 4) is 22.8 Å². The zero-order valence-corrected chi connectivity index (χ0v) is 21.3. The van der Waals surface area contributed by atoms with Crippen molar-refractivity contribution >= 4 is 40.0 Å². The average molecular weight is 529 g/mol. The highest BCUT2D eigenvalue weighted by Gasteiger charge is 2.17. The molecule has 0 saturated carbocycles. The maximum Gasteiger partial charge on any atom is 0.323 e. The number of pyridine rings is 1. The zero-order chi connectivity index (χ0) is 27.5. The van der Waals surface area contributed by atoms with E-state index in [1.54, 1.807) is 23.1 Å². The van der Waals surface area contributed by atoms with E-state index in [4.69, 9.17) is 4.74 Å². The van der Waals surface area contributed by atoms with E-state index in [2.05, 4.69) is 36.2 Å². The summed E-state index contributed by atoms with van der Waals surface area (Å²) < 4.78 is 22.3. The van der Waals surface area contributed by atoms with E-state index in [-0.39, 0.29) is 23.4 Å². The number of carbonyl (C=O) groups excluding carboxylic acids is 2. The van der Waals surface area contributed by atoms with Crippen LogP contribution in [0, 0.1) is 5.82 Å². The first-order valence-corrected chi connectivity index (χ1v) is 12.1. The van der Waals surface area contributed by atoms with Crippen LogP contribution in [-0.4, -0.2) is 36.9 Å². The van der Waals surface area contributed by atoms with Crippen LogP contribution in [0.1, 0.15) is 26.8 Å². The van der Waals surface area contributed by atoms with Gasteiger partial charge in [-0.3, -0.25) is 14.6 Å². The van der Waals surface area contributed by atoms with Gasteiger partial charge in [-0.2, -0.15) is 10.2 Å². The first kappa shape index (κ1) is 25.4. The number of amides is 3. The van der Waals surface area contributed by atoms with E-state index in [1.807, 2.05) is 32.0 Å². The third-order valence-corrected chi connectivity index (χ3v) is 5.68. The number of hydrogen-bond donors (Lipinski definition) is 4. The number of ether oxygens (including phenoxy) is 1. The van der Waals surface area contributed by atoms with Gasteiger partial charge >= 0.3 is 6.03 Å².